The molecule has 25 heavy (non-hydrogen) atoms. The van der Waals surface area contributed by atoms with E-state index in [4.69, 9.17) is 9.47 Å². The highest BCUT2D eigenvalue weighted by Crippen LogP contribution is 2.38. The summed E-state index contributed by atoms with van der Waals surface area (Å²) in [5, 5.41) is 12.0. The van der Waals surface area contributed by atoms with Crippen molar-refractivity contribution >= 4 is 17.7 Å². The van der Waals surface area contributed by atoms with Crippen molar-refractivity contribution in [2.45, 2.75) is 37.5 Å². The monoisotopic (exact) mass is 362 g/mol. The third kappa shape index (κ3) is 4.25. The van der Waals surface area contributed by atoms with Crippen LogP contribution in [0.1, 0.15) is 30.3 Å². The molecular formula is C17H22N4O3S. The molecule has 1 N–H and O–H groups in total. The van der Waals surface area contributed by atoms with Gasteiger partial charge in [-0.25, -0.2) is 0 Å². The predicted molar refractivity (Wildman–Crippen MR) is 95.1 cm³/mol. The molecule has 0 atom stereocenters. The number of benzene rings is 1. The predicted octanol–water partition coefficient (Wildman–Crippen LogP) is 2.35. The lowest BCUT2D eigenvalue weighted by atomic mass is 10.2. The number of aryl methyl sites for hydroxylation is 1. The van der Waals surface area contributed by atoms with E-state index < -0.39 is 0 Å². The van der Waals surface area contributed by atoms with Crippen molar-refractivity contribution in [2.24, 2.45) is 0 Å². The number of thioether (sulfide) groups is 1. The average molecular weight is 362 g/mol. The van der Waals surface area contributed by atoms with E-state index in [2.05, 4.69) is 20.1 Å². The van der Waals surface area contributed by atoms with E-state index in [0.29, 0.717) is 29.8 Å². The fourth-order valence-electron chi connectivity index (χ4n) is 2.57. The topological polar surface area (TPSA) is 78.3 Å². The minimum absolute atomic E-state index is 0.0391. The van der Waals surface area contributed by atoms with Crippen molar-refractivity contribution in [3.63, 3.8) is 0 Å². The molecular weight excluding hydrogens is 340 g/mol. The normalized spacial score (nSPS) is 13.6. The van der Waals surface area contributed by atoms with E-state index in [-0.39, 0.29) is 5.91 Å². The Bertz CT molecular complexity index is 758. The van der Waals surface area contributed by atoms with Gasteiger partial charge >= 0.3 is 0 Å². The smallest absolute Gasteiger partial charge is 0.230 e. The minimum atomic E-state index is -0.0391. The van der Waals surface area contributed by atoms with E-state index >= 15 is 0 Å². The van der Waals surface area contributed by atoms with Crippen LogP contribution in [0.3, 0.4) is 0 Å². The molecule has 1 saturated carbocycles. The molecule has 0 radical (unpaired) electrons. The summed E-state index contributed by atoms with van der Waals surface area (Å²) in [6.45, 7) is 2.39. The Morgan fingerprint density at radius 2 is 2.04 bits per heavy atom. The van der Waals surface area contributed by atoms with E-state index in [9.17, 15) is 4.79 Å². The lowest BCUT2D eigenvalue weighted by Gasteiger charge is -2.10. The Balaban J connectivity index is 1.52. The molecule has 1 aromatic carbocycles. The first-order chi connectivity index (χ1) is 12.1. The van der Waals surface area contributed by atoms with Gasteiger partial charge in [-0.05, 0) is 37.5 Å². The highest BCUT2D eigenvalue weighted by atomic mass is 32.2. The van der Waals surface area contributed by atoms with Crippen LogP contribution < -0.4 is 14.8 Å². The molecule has 1 aromatic heterocycles. The zero-order valence-corrected chi connectivity index (χ0v) is 15.4. The fourth-order valence-corrected chi connectivity index (χ4v) is 3.45. The third-order valence-electron chi connectivity index (χ3n) is 4.02. The summed E-state index contributed by atoms with van der Waals surface area (Å²) in [7, 11) is 3.19. The Kier molecular flexibility index (Phi) is 5.47. The van der Waals surface area contributed by atoms with Crippen LogP contribution in [0.5, 0.6) is 11.5 Å². The Morgan fingerprint density at radius 1 is 1.28 bits per heavy atom. The molecule has 7 nitrogen and oxygen atoms in total. The number of nitrogens with zero attached hydrogens (tertiary/aromatic N) is 3. The van der Waals surface area contributed by atoms with Crippen LogP contribution in [0, 0.1) is 6.92 Å². The van der Waals surface area contributed by atoms with Crippen LogP contribution in [-0.2, 0) is 11.3 Å². The van der Waals surface area contributed by atoms with Gasteiger partial charge in [-0.3, -0.25) is 4.79 Å². The number of methoxy groups -OCH3 is 2. The molecule has 0 spiro atoms. The number of ether oxygens (including phenoxy) is 2. The Morgan fingerprint density at radius 3 is 2.72 bits per heavy atom. The maximum Gasteiger partial charge on any atom is 0.230 e. The van der Waals surface area contributed by atoms with Crippen LogP contribution in [0.4, 0.5) is 0 Å². The van der Waals surface area contributed by atoms with Gasteiger partial charge in [0.05, 0.1) is 20.0 Å². The molecule has 0 unspecified atom stereocenters. The van der Waals surface area contributed by atoms with Gasteiger partial charge < -0.3 is 19.4 Å². The van der Waals surface area contributed by atoms with Crippen LogP contribution in [-0.4, -0.2) is 40.6 Å². The molecule has 8 heteroatoms. The van der Waals surface area contributed by atoms with E-state index in [1.54, 1.807) is 14.2 Å². The Labute approximate surface area is 151 Å². The van der Waals surface area contributed by atoms with Gasteiger partial charge in [0.15, 0.2) is 16.7 Å². The number of hydrogen-bond acceptors (Lipinski definition) is 6. The molecule has 1 fully saturated rings. The van der Waals surface area contributed by atoms with Crippen molar-refractivity contribution in [1.29, 1.82) is 0 Å². The highest BCUT2D eigenvalue weighted by molar-refractivity contribution is 7.99. The maximum atomic E-state index is 12.1. The number of nitrogens with one attached hydrogen (secondary N) is 1. The van der Waals surface area contributed by atoms with Crippen LogP contribution >= 0.6 is 11.8 Å². The first-order valence-corrected chi connectivity index (χ1v) is 9.13. The van der Waals surface area contributed by atoms with Crippen molar-refractivity contribution < 1.29 is 14.3 Å². The molecule has 1 heterocycles. The van der Waals surface area contributed by atoms with Crippen molar-refractivity contribution in [3.8, 4) is 11.5 Å². The SMILES string of the molecule is COc1ccc(CNC(=O)CSc2nnc(C)n2C2CC2)cc1OC. The fraction of sp³-hybridized carbons (Fsp3) is 0.471. The second kappa shape index (κ2) is 7.77. The van der Waals surface area contributed by atoms with E-state index in [0.717, 1.165) is 29.4 Å². The zero-order valence-electron chi connectivity index (χ0n) is 14.6. The second-order valence-electron chi connectivity index (χ2n) is 5.89. The van der Waals surface area contributed by atoms with Gasteiger partial charge in [0.25, 0.3) is 0 Å². The molecule has 134 valence electrons. The number of carbonyl (C=O) groups excluding carboxylic acids is 1. The quantitative estimate of drug-likeness (QED) is 0.726. The molecule has 1 aliphatic carbocycles. The average Bonchev–Trinajstić information content (AvgIpc) is 3.40. The summed E-state index contributed by atoms with van der Waals surface area (Å²) < 4.78 is 12.6. The molecule has 0 aliphatic heterocycles. The molecule has 0 saturated heterocycles. The van der Waals surface area contributed by atoms with Crippen LogP contribution in [0.15, 0.2) is 23.4 Å². The largest absolute Gasteiger partial charge is 0.493 e. The lowest BCUT2D eigenvalue weighted by Crippen LogP contribution is -2.24. The standard InChI is InChI=1S/C17H22N4O3S/c1-11-19-20-17(21(11)13-5-6-13)25-10-16(22)18-9-12-4-7-14(23-2)15(8-12)24-3/h4,7-8,13H,5-6,9-10H2,1-3H3,(H,18,22). The van der Waals surface area contributed by atoms with Gasteiger partial charge in [-0.2, -0.15) is 0 Å². The van der Waals surface area contributed by atoms with Gasteiger partial charge in [-0.15, -0.1) is 10.2 Å². The van der Waals surface area contributed by atoms with Crippen molar-refractivity contribution in [2.75, 3.05) is 20.0 Å². The number of aromatic nitrogens is 3. The highest BCUT2D eigenvalue weighted by Gasteiger charge is 2.28. The molecule has 1 aliphatic rings. The number of hydrogen-bond donors (Lipinski definition) is 1. The summed E-state index contributed by atoms with van der Waals surface area (Å²) in [5.74, 6) is 2.51. The number of carbonyl (C=O) groups is 1. The molecule has 3 rings (SSSR count). The third-order valence-corrected chi connectivity index (χ3v) is 4.96. The first kappa shape index (κ1) is 17.6. The minimum Gasteiger partial charge on any atom is -0.493 e. The summed E-state index contributed by atoms with van der Waals surface area (Å²) in [6.07, 6.45) is 2.33. The van der Waals surface area contributed by atoms with Gasteiger partial charge in [0.2, 0.25) is 5.91 Å². The molecule has 1 amide bonds. The van der Waals surface area contributed by atoms with Crippen LogP contribution in [0.25, 0.3) is 0 Å². The molecule has 0 bridgehead atoms. The molecule has 2 aromatic rings. The van der Waals surface area contributed by atoms with Crippen molar-refractivity contribution in [3.05, 3.63) is 29.6 Å². The van der Waals surface area contributed by atoms with E-state index in [1.165, 1.54) is 11.8 Å². The lowest BCUT2D eigenvalue weighted by molar-refractivity contribution is -0.118. The number of rotatable bonds is 8. The summed E-state index contributed by atoms with van der Waals surface area (Å²) in [6, 6.07) is 6.10. The van der Waals surface area contributed by atoms with E-state index in [1.807, 2.05) is 25.1 Å². The Hall–Kier alpha value is -2.22. The summed E-state index contributed by atoms with van der Waals surface area (Å²) in [4.78, 5) is 12.1. The van der Waals surface area contributed by atoms with Gasteiger partial charge in [0, 0.05) is 12.6 Å². The van der Waals surface area contributed by atoms with Crippen molar-refractivity contribution in [1.82, 2.24) is 20.1 Å². The van der Waals surface area contributed by atoms with Gasteiger partial charge in [-0.1, -0.05) is 17.8 Å². The summed E-state index contributed by atoms with van der Waals surface area (Å²) in [5.41, 5.74) is 0.952. The second-order valence-corrected chi connectivity index (χ2v) is 6.83. The summed E-state index contributed by atoms with van der Waals surface area (Å²) >= 11 is 1.43. The number of amides is 1. The van der Waals surface area contributed by atoms with Crippen LogP contribution in [0.2, 0.25) is 0 Å². The maximum absolute atomic E-state index is 12.1. The van der Waals surface area contributed by atoms with Gasteiger partial charge in [0.1, 0.15) is 5.82 Å². The zero-order chi connectivity index (χ0) is 17.8. The first-order valence-electron chi connectivity index (χ1n) is 8.14.